The molecule has 160 valence electrons. The largest absolute Gasteiger partial charge is 0.355 e. The van der Waals surface area contributed by atoms with E-state index in [1.807, 2.05) is 42.1 Å². The van der Waals surface area contributed by atoms with Crippen molar-refractivity contribution < 1.29 is 9.59 Å². The minimum atomic E-state index is -0.326. The van der Waals surface area contributed by atoms with E-state index in [-0.39, 0.29) is 18.4 Å². The lowest BCUT2D eigenvalue weighted by molar-refractivity contribution is -0.123. The topological polar surface area (TPSA) is 76.0 Å². The molecule has 6 heteroatoms. The van der Waals surface area contributed by atoms with E-state index in [1.54, 1.807) is 6.08 Å². The molecule has 2 aromatic carbocycles. The molecule has 0 bridgehead atoms. The van der Waals surface area contributed by atoms with Gasteiger partial charge in [0.05, 0.1) is 18.8 Å². The SMILES string of the molecule is CCNC(=O)CNC(=O)/C=C/c1cn(Cc2ccccc2)nc1-c1ccc(C)c(C)c1. The van der Waals surface area contributed by atoms with Gasteiger partial charge in [-0.25, -0.2) is 0 Å². The van der Waals surface area contributed by atoms with Gasteiger partial charge in [0, 0.05) is 29.9 Å². The summed E-state index contributed by atoms with van der Waals surface area (Å²) in [6.45, 7) is 7.10. The first-order valence-corrected chi connectivity index (χ1v) is 10.4. The highest BCUT2D eigenvalue weighted by molar-refractivity contribution is 5.95. The van der Waals surface area contributed by atoms with Crippen molar-refractivity contribution in [2.45, 2.75) is 27.3 Å². The Kier molecular flexibility index (Phi) is 7.38. The Bertz CT molecular complexity index is 1080. The highest BCUT2D eigenvalue weighted by Gasteiger charge is 2.11. The Morgan fingerprint density at radius 1 is 1.03 bits per heavy atom. The fourth-order valence-electron chi connectivity index (χ4n) is 3.17. The third-order valence-electron chi connectivity index (χ3n) is 4.97. The normalized spacial score (nSPS) is 10.9. The number of benzene rings is 2. The molecule has 0 aliphatic carbocycles. The lowest BCUT2D eigenvalue weighted by Crippen LogP contribution is -2.35. The molecular formula is C25H28N4O2. The number of aromatic nitrogens is 2. The van der Waals surface area contributed by atoms with E-state index < -0.39 is 0 Å². The van der Waals surface area contributed by atoms with Gasteiger partial charge in [-0.2, -0.15) is 5.10 Å². The third kappa shape index (κ3) is 6.15. The summed E-state index contributed by atoms with van der Waals surface area (Å²) in [5, 5.41) is 10.0. The van der Waals surface area contributed by atoms with Crippen LogP contribution in [0.15, 0.2) is 60.8 Å². The second-order valence-corrected chi connectivity index (χ2v) is 7.42. The van der Waals surface area contributed by atoms with Crippen LogP contribution in [0.5, 0.6) is 0 Å². The number of aryl methyl sites for hydroxylation is 2. The van der Waals surface area contributed by atoms with Crippen LogP contribution in [0.4, 0.5) is 0 Å². The maximum absolute atomic E-state index is 12.2. The predicted octanol–water partition coefficient (Wildman–Crippen LogP) is 3.48. The van der Waals surface area contributed by atoms with E-state index in [2.05, 4.69) is 48.7 Å². The van der Waals surface area contributed by atoms with Crippen molar-refractivity contribution in [1.29, 1.82) is 0 Å². The number of carbonyl (C=O) groups excluding carboxylic acids is 2. The van der Waals surface area contributed by atoms with Crippen LogP contribution in [-0.4, -0.2) is 34.7 Å². The van der Waals surface area contributed by atoms with Crippen LogP contribution >= 0.6 is 0 Å². The first kappa shape index (κ1) is 22.0. The van der Waals surface area contributed by atoms with Gasteiger partial charge in [0.1, 0.15) is 0 Å². The number of carbonyl (C=O) groups is 2. The molecule has 3 rings (SSSR count). The van der Waals surface area contributed by atoms with Crippen molar-refractivity contribution in [3.63, 3.8) is 0 Å². The Balaban J connectivity index is 1.85. The lowest BCUT2D eigenvalue weighted by Gasteiger charge is -2.05. The highest BCUT2D eigenvalue weighted by atomic mass is 16.2. The predicted molar refractivity (Wildman–Crippen MR) is 123 cm³/mol. The van der Waals surface area contributed by atoms with Crippen LogP contribution in [0, 0.1) is 13.8 Å². The number of hydrogen-bond acceptors (Lipinski definition) is 3. The summed E-state index contributed by atoms with van der Waals surface area (Å²) in [5.74, 6) is -0.538. The van der Waals surface area contributed by atoms with Gasteiger partial charge in [0.25, 0.3) is 0 Å². The Morgan fingerprint density at radius 2 is 1.81 bits per heavy atom. The molecular weight excluding hydrogens is 388 g/mol. The summed E-state index contributed by atoms with van der Waals surface area (Å²) in [4.78, 5) is 23.7. The molecule has 0 atom stereocenters. The smallest absolute Gasteiger partial charge is 0.244 e. The molecule has 31 heavy (non-hydrogen) atoms. The molecule has 0 aliphatic rings. The molecule has 0 fully saturated rings. The lowest BCUT2D eigenvalue weighted by atomic mass is 10.0. The van der Waals surface area contributed by atoms with Crippen LogP contribution in [0.2, 0.25) is 0 Å². The van der Waals surface area contributed by atoms with E-state index in [9.17, 15) is 9.59 Å². The molecule has 1 heterocycles. The van der Waals surface area contributed by atoms with Gasteiger partial charge in [-0.3, -0.25) is 14.3 Å². The van der Waals surface area contributed by atoms with Crippen molar-refractivity contribution in [3.05, 3.63) is 83.1 Å². The van der Waals surface area contributed by atoms with Crippen LogP contribution < -0.4 is 10.6 Å². The molecule has 0 saturated carbocycles. The second-order valence-electron chi connectivity index (χ2n) is 7.42. The van der Waals surface area contributed by atoms with Gasteiger partial charge < -0.3 is 10.6 Å². The molecule has 0 radical (unpaired) electrons. The van der Waals surface area contributed by atoms with Crippen molar-refractivity contribution >= 4 is 17.9 Å². The van der Waals surface area contributed by atoms with Crippen LogP contribution in [0.3, 0.4) is 0 Å². The number of hydrogen-bond donors (Lipinski definition) is 2. The number of nitrogens with one attached hydrogen (secondary N) is 2. The minimum absolute atomic E-state index is 0.0473. The number of amides is 2. The molecule has 1 aromatic heterocycles. The van der Waals surface area contributed by atoms with Crippen LogP contribution in [-0.2, 0) is 16.1 Å². The molecule has 3 aromatic rings. The zero-order valence-corrected chi connectivity index (χ0v) is 18.2. The Morgan fingerprint density at radius 3 is 2.52 bits per heavy atom. The Labute approximate surface area is 183 Å². The van der Waals surface area contributed by atoms with Crippen molar-refractivity contribution in [2.24, 2.45) is 0 Å². The van der Waals surface area contributed by atoms with Crippen LogP contribution in [0.1, 0.15) is 29.2 Å². The second kappa shape index (κ2) is 10.4. The summed E-state index contributed by atoms with van der Waals surface area (Å²) < 4.78 is 1.88. The molecule has 0 unspecified atom stereocenters. The number of rotatable bonds is 8. The molecule has 6 nitrogen and oxygen atoms in total. The standard InChI is InChI=1S/C25H28N4O2/c1-4-26-24(31)15-27-23(30)13-12-22-17-29(16-20-8-6-5-7-9-20)28-25(22)21-11-10-18(2)19(3)14-21/h5-14,17H,4,15-16H2,1-3H3,(H,26,31)(H,27,30)/b13-12+. The fraction of sp³-hybridized carbons (Fsp3) is 0.240. The number of nitrogens with zero attached hydrogens (tertiary/aromatic N) is 2. The highest BCUT2D eigenvalue weighted by Crippen LogP contribution is 2.26. The summed E-state index contributed by atoms with van der Waals surface area (Å²) in [7, 11) is 0. The van der Waals surface area contributed by atoms with Gasteiger partial charge in [-0.15, -0.1) is 0 Å². The van der Waals surface area contributed by atoms with Gasteiger partial charge in [0.15, 0.2) is 0 Å². The quantitative estimate of drug-likeness (QED) is 0.552. The van der Waals surface area contributed by atoms with E-state index in [0.717, 1.165) is 22.4 Å². The summed E-state index contributed by atoms with van der Waals surface area (Å²) in [6.07, 6.45) is 5.12. The first-order chi connectivity index (χ1) is 15.0. The fourth-order valence-corrected chi connectivity index (χ4v) is 3.17. The maximum Gasteiger partial charge on any atom is 0.244 e. The van der Waals surface area contributed by atoms with Gasteiger partial charge >= 0.3 is 0 Å². The molecule has 0 aliphatic heterocycles. The summed E-state index contributed by atoms with van der Waals surface area (Å²) >= 11 is 0. The van der Waals surface area contributed by atoms with Gasteiger partial charge in [-0.05, 0) is 49.6 Å². The monoisotopic (exact) mass is 416 g/mol. The van der Waals surface area contributed by atoms with E-state index in [4.69, 9.17) is 5.10 Å². The third-order valence-corrected chi connectivity index (χ3v) is 4.97. The summed E-state index contributed by atoms with van der Waals surface area (Å²) in [5.41, 5.74) is 6.20. The van der Waals surface area contributed by atoms with Crippen molar-refractivity contribution in [2.75, 3.05) is 13.1 Å². The molecule has 0 spiro atoms. The first-order valence-electron chi connectivity index (χ1n) is 10.4. The van der Waals surface area contributed by atoms with Gasteiger partial charge in [0.2, 0.25) is 11.8 Å². The maximum atomic E-state index is 12.2. The minimum Gasteiger partial charge on any atom is -0.355 e. The molecule has 0 saturated heterocycles. The van der Waals surface area contributed by atoms with Crippen LogP contribution in [0.25, 0.3) is 17.3 Å². The van der Waals surface area contributed by atoms with Crippen molar-refractivity contribution in [3.8, 4) is 11.3 Å². The molecule has 2 N–H and O–H groups in total. The van der Waals surface area contributed by atoms with E-state index in [1.165, 1.54) is 17.2 Å². The zero-order valence-electron chi connectivity index (χ0n) is 18.2. The van der Waals surface area contributed by atoms with Gasteiger partial charge in [-0.1, -0.05) is 42.5 Å². The average Bonchev–Trinajstić information content (AvgIpc) is 3.16. The molecule has 2 amide bonds. The number of likely N-dealkylation sites (N-methyl/N-ethyl adjacent to an activating group) is 1. The van der Waals surface area contributed by atoms with E-state index >= 15 is 0 Å². The van der Waals surface area contributed by atoms with Crippen molar-refractivity contribution in [1.82, 2.24) is 20.4 Å². The average molecular weight is 417 g/mol. The van der Waals surface area contributed by atoms with E-state index in [0.29, 0.717) is 13.1 Å². The summed E-state index contributed by atoms with van der Waals surface area (Å²) in [6, 6.07) is 16.3. The zero-order chi connectivity index (χ0) is 22.2. The Hall–Kier alpha value is -3.67.